The first-order valence-electron chi connectivity index (χ1n) is 8.00. The number of hydrogen-bond acceptors (Lipinski definition) is 3. The standard InChI is InChI=1S/C18H19FIN3O/c19-13-4-5-16(17(20)11-13)18(24)22-14-6-9-23(10-7-14)12-15-3-1-2-8-21-15/h1-5,8,11,14H,6-7,9-10,12H2,(H,22,24). The quantitative estimate of drug-likeness (QED) is 0.745. The summed E-state index contributed by atoms with van der Waals surface area (Å²) in [6.07, 6.45) is 3.64. The minimum absolute atomic E-state index is 0.123. The van der Waals surface area contributed by atoms with Gasteiger partial charge < -0.3 is 5.32 Å². The number of benzene rings is 1. The number of hydrogen-bond donors (Lipinski definition) is 1. The topological polar surface area (TPSA) is 45.2 Å². The second-order valence-corrected chi connectivity index (χ2v) is 7.13. The Kier molecular flexibility index (Phi) is 5.78. The molecule has 0 radical (unpaired) electrons. The van der Waals surface area contributed by atoms with Crippen molar-refractivity contribution in [2.45, 2.75) is 25.4 Å². The summed E-state index contributed by atoms with van der Waals surface area (Å²) in [5.74, 6) is -0.443. The maximum atomic E-state index is 13.1. The van der Waals surface area contributed by atoms with E-state index >= 15 is 0 Å². The van der Waals surface area contributed by atoms with Gasteiger partial charge in [-0.3, -0.25) is 14.7 Å². The van der Waals surface area contributed by atoms with Gasteiger partial charge in [0.1, 0.15) is 5.82 Å². The van der Waals surface area contributed by atoms with Crippen LogP contribution in [0, 0.1) is 9.39 Å². The van der Waals surface area contributed by atoms with Crippen LogP contribution in [-0.2, 0) is 6.54 Å². The molecule has 0 saturated carbocycles. The lowest BCUT2D eigenvalue weighted by Crippen LogP contribution is -2.44. The molecule has 1 aromatic heterocycles. The van der Waals surface area contributed by atoms with Crippen LogP contribution in [0.4, 0.5) is 4.39 Å². The number of pyridine rings is 1. The van der Waals surface area contributed by atoms with Gasteiger partial charge in [-0.25, -0.2) is 4.39 Å². The molecule has 126 valence electrons. The normalized spacial score (nSPS) is 16.1. The fourth-order valence-corrected chi connectivity index (χ4v) is 3.62. The van der Waals surface area contributed by atoms with E-state index < -0.39 is 0 Å². The average molecular weight is 439 g/mol. The van der Waals surface area contributed by atoms with Crippen LogP contribution in [0.15, 0.2) is 42.6 Å². The highest BCUT2D eigenvalue weighted by Gasteiger charge is 2.22. The van der Waals surface area contributed by atoms with E-state index in [4.69, 9.17) is 0 Å². The third-order valence-corrected chi connectivity index (χ3v) is 5.10. The van der Waals surface area contributed by atoms with Crippen molar-refractivity contribution >= 4 is 28.5 Å². The Balaban J connectivity index is 1.51. The molecular formula is C18H19FIN3O. The molecule has 1 aromatic carbocycles. The maximum absolute atomic E-state index is 13.1. The van der Waals surface area contributed by atoms with E-state index in [-0.39, 0.29) is 17.8 Å². The van der Waals surface area contributed by atoms with Crippen molar-refractivity contribution in [1.29, 1.82) is 0 Å². The Morgan fingerprint density at radius 1 is 1.29 bits per heavy atom. The number of nitrogens with one attached hydrogen (secondary N) is 1. The van der Waals surface area contributed by atoms with Crippen LogP contribution in [-0.4, -0.2) is 34.9 Å². The summed E-state index contributed by atoms with van der Waals surface area (Å²) in [6.45, 7) is 2.71. The van der Waals surface area contributed by atoms with Gasteiger partial charge in [-0.2, -0.15) is 0 Å². The molecule has 1 aliphatic rings. The van der Waals surface area contributed by atoms with Crippen molar-refractivity contribution in [3.8, 4) is 0 Å². The Morgan fingerprint density at radius 3 is 2.75 bits per heavy atom. The molecule has 2 aromatic rings. The van der Waals surface area contributed by atoms with Gasteiger partial charge in [0.15, 0.2) is 0 Å². The van der Waals surface area contributed by atoms with Crippen molar-refractivity contribution in [1.82, 2.24) is 15.2 Å². The molecule has 3 rings (SSSR count). The molecule has 1 N–H and O–H groups in total. The number of likely N-dealkylation sites (tertiary alicyclic amines) is 1. The van der Waals surface area contributed by atoms with Gasteiger partial charge in [-0.15, -0.1) is 0 Å². The molecule has 0 spiro atoms. The van der Waals surface area contributed by atoms with E-state index in [0.29, 0.717) is 9.13 Å². The van der Waals surface area contributed by atoms with Gasteiger partial charge in [0.25, 0.3) is 5.91 Å². The van der Waals surface area contributed by atoms with Crippen molar-refractivity contribution in [3.63, 3.8) is 0 Å². The highest BCUT2D eigenvalue weighted by atomic mass is 127. The first kappa shape index (κ1) is 17.3. The second kappa shape index (κ2) is 8.02. The summed E-state index contributed by atoms with van der Waals surface area (Å²) in [4.78, 5) is 19.1. The van der Waals surface area contributed by atoms with Gasteiger partial charge in [-0.05, 0) is 65.8 Å². The van der Waals surface area contributed by atoms with E-state index in [1.165, 1.54) is 12.1 Å². The molecule has 2 heterocycles. The molecule has 1 amide bonds. The highest BCUT2D eigenvalue weighted by molar-refractivity contribution is 14.1. The van der Waals surface area contributed by atoms with Crippen molar-refractivity contribution < 1.29 is 9.18 Å². The number of rotatable bonds is 4. The van der Waals surface area contributed by atoms with E-state index in [0.717, 1.165) is 38.2 Å². The molecule has 1 fully saturated rings. The zero-order valence-electron chi connectivity index (χ0n) is 13.2. The van der Waals surface area contributed by atoms with Crippen molar-refractivity contribution in [2.75, 3.05) is 13.1 Å². The molecule has 6 heteroatoms. The average Bonchev–Trinajstić information content (AvgIpc) is 2.57. The van der Waals surface area contributed by atoms with Crippen LogP contribution in [0.5, 0.6) is 0 Å². The molecule has 0 unspecified atom stereocenters. The van der Waals surface area contributed by atoms with Gasteiger partial charge >= 0.3 is 0 Å². The second-order valence-electron chi connectivity index (χ2n) is 5.97. The molecule has 4 nitrogen and oxygen atoms in total. The molecule has 0 aliphatic carbocycles. The summed E-state index contributed by atoms with van der Waals surface area (Å²) < 4.78 is 13.8. The van der Waals surface area contributed by atoms with E-state index in [2.05, 4.69) is 15.2 Å². The summed E-state index contributed by atoms with van der Waals surface area (Å²) in [5, 5.41) is 3.07. The van der Waals surface area contributed by atoms with Gasteiger partial charge in [0, 0.05) is 35.4 Å². The maximum Gasteiger partial charge on any atom is 0.252 e. The van der Waals surface area contributed by atoms with Gasteiger partial charge in [-0.1, -0.05) is 6.07 Å². The summed E-state index contributed by atoms with van der Waals surface area (Å²) in [7, 11) is 0. The lowest BCUT2D eigenvalue weighted by atomic mass is 10.0. The molecule has 0 atom stereocenters. The first-order valence-corrected chi connectivity index (χ1v) is 9.08. The van der Waals surface area contributed by atoms with E-state index in [1.807, 2.05) is 47.0 Å². The Hall–Kier alpha value is -1.54. The summed E-state index contributed by atoms with van der Waals surface area (Å²) in [5.41, 5.74) is 1.61. The molecule has 1 aliphatic heterocycles. The minimum atomic E-state index is -0.321. The number of aromatic nitrogens is 1. The van der Waals surface area contributed by atoms with Crippen molar-refractivity contribution in [3.05, 3.63) is 63.2 Å². The predicted molar refractivity (Wildman–Crippen MR) is 99.1 cm³/mol. The number of carbonyl (C=O) groups is 1. The fraction of sp³-hybridized carbons (Fsp3) is 0.333. The first-order chi connectivity index (χ1) is 11.6. The third-order valence-electron chi connectivity index (χ3n) is 4.21. The molecular weight excluding hydrogens is 420 g/mol. The Bertz CT molecular complexity index is 703. The number of amides is 1. The molecule has 0 bridgehead atoms. The van der Waals surface area contributed by atoms with E-state index in [1.54, 1.807) is 6.07 Å². The smallest absolute Gasteiger partial charge is 0.252 e. The lowest BCUT2D eigenvalue weighted by molar-refractivity contribution is 0.0907. The molecule has 1 saturated heterocycles. The number of piperidine rings is 1. The monoisotopic (exact) mass is 439 g/mol. The fourth-order valence-electron chi connectivity index (χ4n) is 2.89. The van der Waals surface area contributed by atoms with Crippen LogP contribution in [0.25, 0.3) is 0 Å². The summed E-state index contributed by atoms with van der Waals surface area (Å²) in [6, 6.07) is 10.4. The number of halogens is 2. The van der Waals surface area contributed by atoms with Crippen LogP contribution >= 0.6 is 22.6 Å². The van der Waals surface area contributed by atoms with Gasteiger partial charge in [0.05, 0.1) is 11.3 Å². The summed E-state index contributed by atoms with van der Waals surface area (Å²) >= 11 is 2.00. The van der Waals surface area contributed by atoms with Crippen LogP contribution in [0.3, 0.4) is 0 Å². The van der Waals surface area contributed by atoms with Gasteiger partial charge in [0.2, 0.25) is 0 Å². The zero-order valence-corrected chi connectivity index (χ0v) is 15.4. The van der Waals surface area contributed by atoms with Crippen LogP contribution in [0.2, 0.25) is 0 Å². The highest BCUT2D eigenvalue weighted by Crippen LogP contribution is 2.17. The minimum Gasteiger partial charge on any atom is -0.349 e. The number of nitrogens with zero attached hydrogens (tertiary/aromatic N) is 2. The van der Waals surface area contributed by atoms with Crippen LogP contribution in [0.1, 0.15) is 28.9 Å². The molecule has 24 heavy (non-hydrogen) atoms. The SMILES string of the molecule is O=C(NC1CCN(Cc2ccccn2)CC1)c1ccc(F)cc1I. The third kappa shape index (κ3) is 4.51. The predicted octanol–water partition coefficient (Wildman–Crippen LogP) is 3.22. The lowest BCUT2D eigenvalue weighted by Gasteiger charge is -2.32. The van der Waals surface area contributed by atoms with Crippen LogP contribution < -0.4 is 5.32 Å². The Morgan fingerprint density at radius 2 is 2.08 bits per heavy atom. The number of carbonyl (C=O) groups excluding carboxylic acids is 1. The van der Waals surface area contributed by atoms with Crippen molar-refractivity contribution in [2.24, 2.45) is 0 Å². The zero-order chi connectivity index (χ0) is 16.9. The Labute approximate surface area is 154 Å². The van der Waals surface area contributed by atoms with E-state index in [9.17, 15) is 9.18 Å². The largest absolute Gasteiger partial charge is 0.349 e.